The number of aromatic nitrogens is 2. The van der Waals surface area contributed by atoms with Crippen LogP contribution in [0.2, 0.25) is 0 Å². The van der Waals surface area contributed by atoms with Crippen LogP contribution in [0.4, 0.5) is 5.82 Å². The molecule has 9 nitrogen and oxygen atoms in total. The predicted octanol–water partition coefficient (Wildman–Crippen LogP) is 1.82. The van der Waals surface area contributed by atoms with Crippen LogP contribution < -0.4 is 10.5 Å². The molecule has 174 valence electrons. The molecule has 0 aliphatic carbocycles. The van der Waals surface area contributed by atoms with Gasteiger partial charge in [-0.15, -0.1) is 0 Å². The fourth-order valence-electron chi connectivity index (χ4n) is 3.98. The van der Waals surface area contributed by atoms with Crippen molar-refractivity contribution in [2.75, 3.05) is 44.2 Å². The number of nitrogens with zero attached hydrogens (tertiary/aromatic N) is 5. The van der Waals surface area contributed by atoms with Gasteiger partial charge < -0.3 is 14.9 Å². The minimum atomic E-state index is -1.01. The van der Waals surface area contributed by atoms with E-state index < -0.39 is 5.97 Å². The summed E-state index contributed by atoms with van der Waals surface area (Å²) < 4.78 is 1.79. The van der Waals surface area contributed by atoms with Crippen molar-refractivity contribution < 1.29 is 14.7 Å². The van der Waals surface area contributed by atoms with Crippen LogP contribution in [-0.4, -0.2) is 79.8 Å². The molecule has 0 atom stereocenters. The van der Waals surface area contributed by atoms with Crippen LogP contribution in [0.5, 0.6) is 0 Å². The third kappa shape index (κ3) is 4.66. The van der Waals surface area contributed by atoms with Gasteiger partial charge in [0.25, 0.3) is 11.5 Å². The van der Waals surface area contributed by atoms with E-state index in [2.05, 4.69) is 16.7 Å². The molecule has 4 heterocycles. The maximum atomic E-state index is 13.5. The first-order valence-electron chi connectivity index (χ1n) is 10.8. The number of carboxylic acids is 1. The topological polar surface area (TPSA) is 98.5 Å². The molecule has 2 aliphatic heterocycles. The summed E-state index contributed by atoms with van der Waals surface area (Å²) in [4.78, 5) is 48.3. The van der Waals surface area contributed by atoms with Crippen LogP contribution in [-0.2, 0) is 9.59 Å². The average Bonchev–Trinajstić information content (AvgIpc) is 3.06. The Morgan fingerprint density at radius 3 is 2.67 bits per heavy atom. The van der Waals surface area contributed by atoms with Gasteiger partial charge in [0.2, 0.25) is 0 Å². The Bertz CT molecular complexity index is 1220. The predicted molar refractivity (Wildman–Crippen MR) is 133 cm³/mol. The Morgan fingerprint density at radius 2 is 2.00 bits per heavy atom. The molecule has 2 fully saturated rings. The fraction of sp³-hybridized carbons (Fsp3) is 0.409. The lowest BCUT2D eigenvalue weighted by atomic mass is 10.2. The molecule has 0 spiro atoms. The molecule has 0 unspecified atom stereocenters. The van der Waals surface area contributed by atoms with Crippen molar-refractivity contribution in [3.63, 3.8) is 0 Å². The van der Waals surface area contributed by atoms with E-state index in [1.54, 1.807) is 18.3 Å². The van der Waals surface area contributed by atoms with Crippen molar-refractivity contribution >= 4 is 57.7 Å². The minimum Gasteiger partial charge on any atom is -0.481 e. The highest BCUT2D eigenvalue weighted by atomic mass is 32.2. The molecule has 1 amide bonds. The van der Waals surface area contributed by atoms with Crippen LogP contribution in [0.3, 0.4) is 0 Å². The summed E-state index contributed by atoms with van der Waals surface area (Å²) >= 11 is 6.37. The number of aryl methyl sites for hydroxylation is 1. The molecule has 2 saturated heterocycles. The number of likely N-dealkylation sites (N-methyl/N-ethyl adjacent to an activating group) is 1. The Labute approximate surface area is 200 Å². The lowest BCUT2D eigenvalue weighted by Crippen LogP contribution is -2.47. The number of thioether (sulfide) groups is 1. The first kappa shape index (κ1) is 23.4. The van der Waals surface area contributed by atoms with Crippen molar-refractivity contribution in [1.82, 2.24) is 19.2 Å². The van der Waals surface area contributed by atoms with E-state index in [-0.39, 0.29) is 28.8 Å². The summed E-state index contributed by atoms with van der Waals surface area (Å²) in [6.45, 7) is 8.17. The number of carbonyl (C=O) groups excluding carboxylic acids is 1. The van der Waals surface area contributed by atoms with Crippen molar-refractivity contribution in [1.29, 1.82) is 0 Å². The third-order valence-corrected chi connectivity index (χ3v) is 7.26. The van der Waals surface area contributed by atoms with Gasteiger partial charge in [0.1, 0.15) is 15.8 Å². The van der Waals surface area contributed by atoms with Gasteiger partial charge in [-0.3, -0.25) is 23.7 Å². The standard InChI is InChI=1S/C22H25N5O4S2/c1-3-24-9-11-25(12-10-24)19-15(20(30)26-7-4-5-14(2)18(26)23-19)13-16-21(31)27(22(32)33-16)8-6-17(28)29/h4-5,7,13H,3,6,8-12H2,1-2H3,(H,28,29)/b16-13-. The first-order chi connectivity index (χ1) is 15.8. The van der Waals surface area contributed by atoms with E-state index in [1.165, 1.54) is 9.30 Å². The average molecular weight is 488 g/mol. The maximum Gasteiger partial charge on any atom is 0.305 e. The van der Waals surface area contributed by atoms with E-state index in [1.807, 2.05) is 13.0 Å². The molecule has 33 heavy (non-hydrogen) atoms. The van der Waals surface area contributed by atoms with Gasteiger partial charge in [-0.05, 0) is 31.2 Å². The summed E-state index contributed by atoms with van der Waals surface area (Å²) in [7, 11) is 0. The van der Waals surface area contributed by atoms with Crippen molar-refractivity contribution in [3.8, 4) is 0 Å². The zero-order valence-electron chi connectivity index (χ0n) is 18.5. The van der Waals surface area contributed by atoms with Crippen molar-refractivity contribution in [3.05, 3.63) is 44.7 Å². The number of carbonyl (C=O) groups is 2. The second-order valence-corrected chi connectivity index (χ2v) is 9.61. The quantitative estimate of drug-likeness (QED) is 0.483. The number of pyridine rings is 1. The Hall–Kier alpha value is -2.76. The molecule has 0 bridgehead atoms. The highest BCUT2D eigenvalue weighted by molar-refractivity contribution is 8.26. The number of piperazine rings is 1. The number of anilines is 1. The van der Waals surface area contributed by atoms with Gasteiger partial charge in [0.15, 0.2) is 0 Å². The molecule has 2 aromatic rings. The lowest BCUT2D eigenvalue weighted by molar-refractivity contribution is -0.137. The number of hydrogen-bond donors (Lipinski definition) is 1. The molecule has 2 aliphatic rings. The largest absolute Gasteiger partial charge is 0.481 e. The summed E-state index contributed by atoms with van der Waals surface area (Å²) in [5.74, 6) is -0.837. The Morgan fingerprint density at radius 1 is 1.27 bits per heavy atom. The molecule has 2 aromatic heterocycles. The molecule has 0 saturated carbocycles. The zero-order valence-corrected chi connectivity index (χ0v) is 20.1. The third-order valence-electron chi connectivity index (χ3n) is 5.88. The van der Waals surface area contributed by atoms with Crippen LogP contribution in [0.25, 0.3) is 11.7 Å². The first-order valence-corrected chi connectivity index (χ1v) is 12.0. The molecule has 4 rings (SSSR count). The summed E-state index contributed by atoms with van der Waals surface area (Å²) in [5, 5.41) is 8.96. The number of carboxylic acid groups (broad SMARTS) is 1. The molecule has 0 aromatic carbocycles. The van der Waals surface area contributed by atoms with E-state index >= 15 is 0 Å². The van der Waals surface area contributed by atoms with Gasteiger partial charge in [-0.2, -0.15) is 0 Å². The number of rotatable bonds is 6. The molecule has 11 heteroatoms. The van der Waals surface area contributed by atoms with Gasteiger partial charge in [-0.1, -0.05) is 37.0 Å². The Balaban J connectivity index is 1.79. The second-order valence-electron chi connectivity index (χ2n) is 7.94. The summed E-state index contributed by atoms with van der Waals surface area (Å²) in [6, 6.07) is 3.70. The number of hydrogen-bond acceptors (Lipinski definition) is 8. The van der Waals surface area contributed by atoms with Crippen molar-refractivity contribution in [2.24, 2.45) is 0 Å². The van der Waals surface area contributed by atoms with E-state index in [4.69, 9.17) is 22.3 Å². The molecule has 0 radical (unpaired) electrons. The number of thiocarbonyl (C=S) groups is 1. The highest BCUT2D eigenvalue weighted by Crippen LogP contribution is 2.33. The fourth-order valence-corrected chi connectivity index (χ4v) is 5.27. The van der Waals surface area contributed by atoms with Gasteiger partial charge >= 0.3 is 5.97 Å². The second kappa shape index (κ2) is 9.62. The van der Waals surface area contributed by atoms with E-state index in [0.29, 0.717) is 21.9 Å². The Kier molecular flexibility index (Phi) is 6.82. The maximum absolute atomic E-state index is 13.5. The number of fused-ring (bicyclic) bond motifs is 1. The lowest BCUT2D eigenvalue weighted by Gasteiger charge is -2.35. The summed E-state index contributed by atoms with van der Waals surface area (Å²) in [5.41, 5.74) is 1.55. The van der Waals surface area contributed by atoms with Gasteiger partial charge in [0, 0.05) is 38.9 Å². The van der Waals surface area contributed by atoms with Crippen LogP contribution >= 0.6 is 24.0 Å². The molecule has 1 N–H and O–H groups in total. The number of amides is 1. The molecular formula is C22H25N5O4S2. The van der Waals surface area contributed by atoms with Gasteiger partial charge in [0.05, 0.1) is 16.9 Å². The number of aliphatic carboxylic acids is 1. The normalized spacial score (nSPS) is 18.7. The SMILES string of the molecule is CCN1CCN(c2nc3c(C)cccn3c(=O)c2/C=C2\SC(=S)N(CCC(=O)O)C2=O)CC1. The van der Waals surface area contributed by atoms with E-state index in [0.717, 1.165) is 50.0 Å². The van der Waals surface area contributed by atoms with Crippen LogP contribution in [0.1, 0.15) is 24.5 Å². The highest BCUT2D eigenvalue weighted by Gasteiger charge is 2.33. The monoisotopic (exact) mass is 487 g/mol. The smallest absolute Gasteiger partial charge is 0.305 e. The van der Waals surface area contributed by atoms with Gasteiger partial charge in [-0.25, -0.2) is 4.98 Å². The minimum absolute atomic E-state index is 0.00266. The molecular weight excluding hydrogens is 462 g/mol. The van der Waals surface area contributed by atoms with Crippen LogP contribution in [0.15, 0.2) is 28.0 Å². The van der Waals surface area contributed by atoms with Crippen LogP contribution in [0, 0.1) is 6.92 Å². The van der Waals surface area contributed by atoms with E-state index in [9.17, 15) is 14.4 Å². The van der Waals surface area contributed by atoms with Crippen molar-refractivity contribution in [2.45, 2.75) is 20.3 Å². The summed E-state index contributed by atoms with van der Waals surface area (Å²) in [6.07, 6.45) is 3.03. The zero-order chi connectivity index (χ0) is 23.7.